The molecule has 0 aliphatic carbocycles. The third-order valence-corrected chi connectivity index (χ3v) is 5.71. The van der Waals surface area contributed by atoms with E-state index in [4.69, 9.17) is 0 Å². The van der Waals surface area contributed by atoms with E-state index < -0.39 is 30.0 Å². The van der Waals surface area contributed by atoms with Crippen LogP contribution in [-0.2, 0) is 27.3 Å². The molecule has 2 aliphatic rings. The number of aliphatic carboxylic acids is 1. The van der Waals surface area contributed by atoms with Gasteiger partial charge in [-0.05, 0) is 29.6 Å². The molecule has 1 N–H and O–H groups in total. The maximum Gasteiger partial charge on any atom is 0.327 e. The van der Waals surface area contributed by atoms with E-state index >= 15 is 0 Å². The largest absolute Gasteiger partial charge is 0.548 e. The van der Waals surface area contributed by atoms with Gasteiger partial charge in [0.25, 0.3) is 5.91 Å². The summed E-state index contributed by atoms with van der Waals surface area (Å²) in [7, 11) is 0. The molecule has 0 bridgehead atoms. The van der Waals surface area contributed by atoms with Gasteiger partial charge in [-0.2, -0.15) is 11.8 Å². The molecule has 0 spiro atoms. The lowest BCUT2D eigenvalue weighted by Gasteiger charge is -2.28. The van der Waals surface area contributed by atoms with Crippen molar-refractivity contribution in [1.29, 1.82) is 0 Å². The predicted molar refractivity (Wildman–Crippen MR) is 101 cm³/mol. The maximum absolute atomic E-state index is 12.7. The zero-order chi connectivity index (χ0) is 20.3. The molecule has 0 saturated carbocycles. The SMILES string of the molecule is CSCC[C@H](NC(=O)CCN1C(=O)[C@@H]2Cc3ccccc3CN2C1=O)C(=O)[O-]. The number of urea groups is 1. The summed E-state index contributed by atoms with van der Waals surface area (Å²) in [6, 6.07) is 5.67. The lowest BCUT2D eigenvalue weighted by atomic mass is 9.95. The van der Waals surface area contributed by atoms with Gasteiger partial charge in [0.1, 0.15) is 6.04 Å². The Labute approximate surface area is 167 Å². The number of carbonyl (C=O) groups excluding carboxylic acids is 4. The third kappa shape index (κ3) is 4.14. The Morgan fingerprint density at radius 1 is 1.29 bits per heavy atom. The van der Waals surface area contributed by atoms with Gasteiger partial charge in [-0.1, -0.05) is 24.3 Å². The van der Waals surface area contributed by atoms with Crippen molar-refractivity contribution in [1.82, 2.24) is 15.1 Å². The zero-order valence-corrected chi connectivity index (χ0v) is 16.4. The fraction of sp³-hybridized carbons (Fsp3) is 0.474. The average molecular weight is 404 g/mol. The number of benzene rings is 1. The smallest absolute Gasteiger partial charge is 0.327 e. The van der Waals surface area contributed by atoms with E-state index in [0.717, 1.165) is 16.0 Å². The molecule has 1 fully saturated rings. The summed E-state index contributed by atoms with van der Waals surface area (Å²) in [5, 5.41) is 13.5. The van der Waals surface area contributed by atoms with E-state index in [9.17, 15) is 24.3 Å². The summed E-state index contributed by atoms with van der Waals surface area (Å²) in [5.41, 5.74) is 2.07. The predicted octanol–water partition coefficient (Wildman–Crippen LogP) is -0.247. The molecule has 28 heavy (non-hydrogen) atoms. The number of rotatable bonds is 8. The molecule has 1 aromatic carbocycles. The highest BCUT2D eigenvalue weighted by Gasteiger charge is 2.46. The fourth-order valence-electron chi connectivity index (χ4n) is 3.54. The second-order valence-electron chi connectivity index (χ2n) is 6.86. The molecule has 9 heteroatoms. The second kappa shape index (κ2) is 8.64. The van der Waals surface area contributed by atoms with Gasteiger partial charge >= 0.3 is 6.03 Å². The molecule has 4 amide bonds. The molecule has 1 saturated heterocycles. The minimum absolute atomic E-state index is 0.0743. The summed E-state index contributed by atoms with van der Waals surface area (Å²) in [6.07, 6.45) is 2.41. The van der Waals surface area contributed by atoms with Gasteiger partial charge < -0.3 is 20.1 Å². The minimum atomic E-state index is -1.34. The van der Waals surface area contributed by atoms with Crippen molar-refractivity contribution in [3.8, 4) is 0 Å². The molecule has 2 aliphatic heterocycles. The Bertz CT molecular complexity index is 757. The van der Waals surface area contributed by atoms with Crippen LogP contribution in [-0.4, -0.2) is 64.3 Å². The molecule has 2 heterocycles. The molecule has 1 aromatic rings. The number of hydrogen-bond acceptors (Lipinski definition) is 6. The normalized spacial score (nSPS) is 19.2. The van der Waals surface area contributed by atoms with E-state index in [-0.39, 0.29) is 25.3 Å². The lowest BCUT2D eigenvalue weighted by Crippen LogP contribution is -2.48. The second-order valence-corrected chi connectivity index (χ2v) is 7.85. The monoisotopic (exact) mass is 404 g/mol. The summed E-state index contributed by atoms with van der Waals surface area (Å²) in [4.78, 5) is 51.2. The molecule has 3 rings (SSSR count). The van der Waals surface area contributed by atoms with Crippen LogP contribution >= 0.6 is 11.8 Å². The van der Waals surface area contributed by atoms with Gasteiger partial charge in [-0.3, -0.25) is 14.5 Å². The number of carbonyl (C=O) groups is 4. The fourth-order valence-corrected chi connectivity index (χ4v) is 4.02. The average Bonchev–Trinajstić information content (AvgIpc) is 2.91. The minimum Gasteiger partial charge on any atom is -0.548 e. The molecule has 0 aromatic heterocycles. The van der Waals surface area contributed by atoms with Crippen LogP contribution in [0.15, 0.2) is 24.3 Å². The first-order valence-electron chi connectivity index (χ1n) is 9.10. The van der Waals surface area contributed by atoms with Crippen LogP contribution in [0.3, 0.4) is 0 Å². The first kappa shape index (κ1) is 20.2. The van der Waals surface area contributed by atoms with Crippen LogP contribution in [0.25, 0.3) is 0 Å². The summed E-state index contributed by atoms with van der Waals surface area (Å²) < 4.78 is 0. The molecule has 0 radical (unpaired) electrons. The van der Waals surface area contributed by atoms with Crippen LogP contribution in [0.5, 0.6) is 0 Å². The van der Waals surface area contributed by atoms with E-state index in [1.807, 2.05) is 30.5 Å². The van der Waals surface area contributed by atoms with E-state index in [2.05, 4.69) is 5.32 Å². The molecule has 2 atom stereocenters. The van der Waals surface area contributed by atoms with Gasteiger partial charge in [0, 0.05) is 25.9 Å². The van der Waals surface area contributed by atoms with Crippen molar-refractivity contribution < 1.29 is 24.3 Å². The highest BCUT2D eigenvalue weighted by Crippen LogP contribution is 2.29. The first-order valence-corrected chi connectivity index (χ1v) is 10.5. The summed E-state index contributed by atoms with van der Waals surface area (Å²) >= 11 is 1.47. The Balaban J connectivity index is 1.58. The van der Waals surface area contributed by atoms with E-state index in [0.29, 0.717) is 18.7 Å². The van der Waals surface area contributed by atoms with E-state index in [1.165, 1.54) is 16.7 Å². The number of nitrogens with zero attached hydrogens (tertiary/aromatic N) is 2. The van der Waals surface area contributed by atoms with Crippen molar-refractivity contribution in [2.45, 2.75) is 37.9 Å². The number of thioether (sulfide) groups is 1. The van der Waals surface area contributed by atoms with Crippen LogP contribution < -0.4 is 10.4 Å². The van der Waals surface area contributed by atoms with Gasteiger partial charge in [0.05, 0.1) is 12.0 Å². The molecule has 150 valence electrons. The van der Waals surface area contributed by atoms with E-state index in [1.54, 1.807) is 0 Å². The standard InChI is InChI=1S/C19H23N3O5S/c1-28-9-7-14(18(25)26)20-16(23)6-8-21-17(24)15-10-12-4-2-3-5-13(12)11-22(15)19(21)27/h2-5,14-15H,6-11H2,1H3,(H,20,23)(H,25,26)/p-1/t14-,15-/m0/s1. The molecular weight excluding hydrogens is 382 g/mol. The number of fused-ring (bicyclic) bond motifs is 2. The van der Waals surface area contributed by atoms with Crippen molar-refractivity contribution >= 4 is 35.6 Å². The third-order valence-electron chi connectivity index (χ3n) is 5.07. The number of amides is 4. The zero-order valence-electron chi connectivity index (χ0n) is 15.6. The first-order chi connectivity index (χ1) is 13.4. The Morgan fingerprint density at radius 2 is 2.00 bits per heavy atom. The van der Waals surface area contributed by atoms with Crippen molar-refractivity contribution in [2.24, 2.45) is 0 Å². The summed E-state index contributed by atoms with van der Waals surface area (Å²) in [5.74, 6) is -1.61. The number of carboxylic acid groups (broad SMARTS) is 1. The topological polar surface area (TPSA) is 110 Å². The quantitative estimate of drug-likeness (QED) is 0.599. The van der Waals surface area contributed by atoms with Crippen molar-refractivity contribution in [3.63, 3.8) is 0 Å². The Kier molecular flexibility index (Phi) is 6.23. The highest BCUT2D eigenvalue weighted by atomic mass is 32.2. The van der Waals surface area contributed by atoms with Crippen LogP contribution in [0.2, 0.25) is 0 Å². The Hall–Kier alpha value is -2.55. The highest BCUT2D eigenvalue weighted by molar-refractivity contribution is 7.98. The Morgan fingerprint density at radius 3 is 2.68 bits per heavy atom. The van der Waals surface area contributed by atoms with Gasteiger partial charge in [0.15, 0.2) is 0 Å². The van der Waals surface area contributed by atoms with Crippen LogP contribution in [0, 0.1) is 0 Å². The van der Waals surface area contributed by atoms with Crippen LogP contribution in [0.1, 0.15) is 24.0 Å². The van der Waals surface area contributed by atoms with Gasteiger partial charge in [0.2, 0.25) is 5.91 Å². The van der Waals surface area contributed by atoms with Crippen molar-refractivity contribution in [2.75, 3.05) is 18.6 Å². The van der Waals surface area contributed by atoms with Crippen LogP contribution in [0.4, 0.5) is 4.79 Å². The maximum atomic E-state index is 12.7. The number of imide groups is 1. The number of hydrogen-bond donors (Lipinski definition) is 1. The molecule has 8 nitrogen and oxygen atoms in total. The van der Waals surface area contributed by atoms with Gasteiger partial charge in [-0.25, -0.2) is 4.79 Å². The number of carboxylic acids is 1. The summed E-state index contributed by atoms with van der Waals surface area (Å²) in [6.45, 7) is 0.296. The van der Waals surface area contributed by atoms with Gasteiger partial charge in [-0.15, -0.1) is 0 Å². The lowest BCUT2D eigenvalue weighted by molar-refractivity contribution is -0.308. The number of nitrogens with one attached hydrogen (secondary N) is 1. The molecule has 0 unspecified atom stereocenters. The molecular formula is C19H22N3O5S-. The van der Waals surface area contributed by atoms with Crippen molar-refractivity contribution in [3.05, 3.63) is 35.4 Å².